The highest BCUT2D eigenvalue weighted by molar-refractivity contribution is 5.76. The van der Waals surface area contributed by atoms with Crippen LogP contribution in [0.2, 0.25) is 0 Å². The minimum Gasteiger partial charge on any atom is -0.372 e. The van der Waals surface area contributed by atoms with Crippen LogP contribution in [0, 0.1) is 0 Å². The molecule has 2 atom stereocenters. The van der Waals surface area contributed by atoms with Crippen molar-refractivity contribution in [1.29, 1.82) is 0 Å². The van der Waals surface area contributed by atoms with Gasteiger partial charge in [0.2, 0.25) is 0 Å². The third kappa shape index (κ3) is 4.20. The van der Waals surface area contributed by atoms with Crippen LogP contribution in [0.25, 0.3) is 0 Å². The first-order chi connectivity index (χ1) is 7.50. The van der Waals surface area contributed by atoms with E-state index in [1.807, 2.05) is 0 Å². The molecule has 1 fully saturated rings. The van der Waals surface area contributed by atoms with Gasteiger partial charge in [0.25, 0.3) is 0 Å². The van der Waals surface area contributed by atoms with E-state index in [1.54, 1.807) is 6.92 Å². The number of likely N-dealkylation sites (N-methyl/N-ethyl adjacent to an activating group) is 1. The number of piperazine rings is 1. The number of carbonyl (C=O) groups is 1. The van der Waals surface area contributed by atoms with Gasteiger partial charge in [0.05, 0.1) is 6.61 Å². The van der Waals surface area contributed by atoms with Crippen molar-refractivity contribution < 1.29 is 9.53 Å². The normalized spacial score (nSPS) is 28.2. The molecule has 0 radical (unpaired) electrons. The van der Waals surface area contributed by atoms with Crippen LogP contribution < -0.4 is 0 Å². The zero-order chi connectivity index (χ0) is 12.1. The highest BCUT2D eigenvalue weighted by atomic mass is 16.5. The lowest BCUT2D eigenvalue weighted by Crippen LogP contribution is -2.55. The minimum absolute atomic E-state index is 0.0973. The van der Waals surface area contributed by atoms with Crippen molar-refractivity contribution in [3.8, 4) is 0 Å². The first kappa shape index (κ1) is 13.6. The Bertz CT molecular complexity index is 221. The lowest BCUT2D eigenvalue weighted by molar-refractivity contribution is -0.121. The summed E-state index contributed by atoms with van der Waals surface area (Å²) in [5.41, 5.74) is 0. The van der Waals surface area contributed by atoms with E-state index in [-0.39, 0.29) is 12.4 Å². The van der Waals surface area contributed by atoms with E-state index in [0.717, 1.165) is 19.6 Å². The number of hydrogen-bond donors (Lipinski definition) is 0. The van der Waals surface area contributed by atoms with Gasteiger partial charge in [-0.25, -0.2) is 0 Å². The van der Waals surface area contributed by atoms with E-state index in [0.29, 0.717) is 18.7 Å². The van der Waals surface area contributed by atoms with Crippen LogP contribution >= 0.6 is 0 Å². The van der Waals surface area contributed by atoms with Gasteiger partial charge in [-0.3, -0.25) is 14.6 Å². The second kappa shape index (κ2) is 6.33. The van der Waals surface area contributed by atoms with Crippen LogP contribution in [0.3, 0.4) is 0 Å². The molecule has 4 heteroatoms. The van der Waals surface area contributed by atoms with E-state index < -0.39 is 0 Å². The van der Waals surface area contributed by atoms with Gasteiger partial charge in [0.15, 0.2) is 5.78 Å². The molecule has 0 saturated carbocycles. The quantitative estimate of drug-likeness (QED) is 0.646. The summed E-state index contributed by atoms with van der Waals surface area (Å²) in [6, 6.07) is 1.19. The number of rotatable bonds is 5. The molecule has 0 aromatic carbocycles. The number of hydrogen-bond acceptors (Lipinski definition) is 4. The maximum absolute atomic E-state index is 10.7. The highest BCUT2D eigenvalue weighted by Crippen LogP contribution is 2.12. The van der Waals surface area contributed by atoms with Crippen molar-refractivity contribution in [2.45, 2.75) is 32.9 Å². The molecule has 0 N–H and O–H groups in total. The van der Waals surface area contributed by atoms with E-state index in [9.17, 15) is 4.79 Å². The molecular formula is C12H24N2O2. The zero-order valence-corrected chi connectivity index (χ0v) is 10.9. The van der Waals surface area contributed by atoms with E-state index in [2.05, 4.69) is 30.7 Å². The molecule has 1 aliphatic rings. The Hall–Kier alpha value is -0.450. The van der Waals surface area contributed by atoms with Gasteiger partial charge in [0.1, 0.15) is 6.61 Å². The number of carbonyl (C=O) groups excluding carboxylic acids is 1. The summed E-state index contributed by atoms with van der Waals surface area (Å²) >= 11 is 0. The van der Waals surface area contributed by atoms with Crippen LogP contribution in [-0.2, 0) is 9.53 Å². The predicted molar refractivity (Wildman–Crippen MR) is 64.6 cm³/mol. The molecule has 0 aromatic heterocycles. The fraction of sp³-hybridized carbons (Fsp3) is 0.917. The molecule has 0 spiro atoms. The van der Waals surface area contributed by atoms with Gasteiger partial charge in [-0.05, 0) is 27.8 Å². The lowest BCUT2D eigenvalue weighted by Gasteiger charge is -2.42. The van der Waals surface area contributed by atoms with Gasteiger partial charge in [-0.15, -0.1) is 0 Å². The number of ketones is 1. The Morgan fingerprint density at radius 1 is 1.31 bits per heavy atom. The van der Waals surface area contributed by atoms with Crippen molar-refractivity contribution in [2.24, 2.45) is 0 Å². The highest BCUT2D eigenvalue weighted by Gasteiger charge is 2.25. The summed E-state index contributed by atoms with van der Waals surface area (Å²) in [6.45, 7) is 10.1. The minimum atomic E-state index is 0.0973. The average molecular weight is 228 g/mol. The fourth-order valence-corrected chi connectivity index (χ4v) is 2.11. The van der Waals surface area contributed by atoms with E-state index in [1.165, 1.54) is 0 Å². The van der Waals surface area contributed by atoms with Crippen LogP contribution in [0.1, 0.15) is 20.8 Å². The predicted octanol–water partition coefficient (Wildman–Crippen LogP) is 0.616. The third-order valence-electron chi connectivity index (χ3n) is 3.29. The SMILES string of the molecule is CC(=O)COCCN1C[C@@H](C)N(C)[C@@H](C)C1. The maximum Gasteiger partial charge on any atom is 0.155 e. The summed E-state index contributed by atoms with van der Waals surface area (Å²) in [6.07, 6.45) is 0. The standard InChI is InChI=1S/C12H24N2O2/c1-10-7-14(8-11(2)13(10)4)5-6-16-9-12(3)15/h10-11H,5-9H2,1-4H3/t10-,11+. The van der Waals surface area contributed by atoms with Crippen molar-refractivity contribution >= 4 is 5.78 Å². The smallest absolute Gasteiger partial charge is 0.155 e. The number of nitrogens with zero attached hydrogens (tertiary/aromatic N) is 2. The lowest BCUT2D eigenvalue weighted by atomic mass is 10.1. The van der Waals surface area contributed by atoms with Crippen molar-refractivity contribution in [3.05, 3.63) is 0 Å². The van der Waals surface area contributed by atoms with E-state index >= 15 is 0 Å². The molecular weight excluding hydrogens is 204 g/mol. The van der Waals surface area contributed by atoms with Crippen molar-refractivity contribution in [3.63, 3.8) is 0 Å². The Labute approximate surface area is 98.5 Å². The van der Waals surface area contributed by atoms with Crippen LogP contribution in [0.5, 0.6) is 0 Å². The van der Waals surface area contributed by atoms with Crippen LogP contribution in [0.4, 0.5) is 0 Å². The summed E-state index contributed by atoms with van der Waals surface area (Å²) in [4.78, 5) is 15.5. The molecule has 0 amide bonds. The van der Waals surface area contributed by atoms with Crippen LogP contribution in [0.15, 0.2) is 0 Å². The Morgan fingerprint density at radius 3 is 2.38 bits per heavy atom. The average Bonchev–Trinajstić information content (AvgIpc) is 2.20. The first-order valence-electron chi connectivity index (χ1n) is 6.02. The second-order valence-electron chi connectivity index (χ2n) is 4.88. The third-order valence-corrected chi connectivity index (χ3v) is 3.29. The largest absolute Gasteiger partial charge is 0.372 e. The maximum atomic E-state index is 10.7. The molecule has 0 aromatic rings. The molecule has 4 nitrogen and oxygen atoms in total. The number of Topliss-reactive ketones (excluding diaryl/α,β-unsaturated/α-hetero) is 1. The fourth-order valence-electron chi connectivity index (χ4n) is 2.11. The second-order valence-corrected chi connectivity index (χ2v) is 4.88. The summed E-state index contributed by atoms with van der Waals surface area (Å²) < 4.78 is 5.29. The molecule has 0 unspecified atom stereocenters. The van der Waals surface area contributed by atoms with Gasteiger partial charge in [-0.2, -0.15) is 0 Å². The topological polar surface area (TPSA) is 32.8 Å². The van der Waals surface area contributed by atoms with Gasteiger partial charge in [0, 0.05) is 31.7 Å². The molecule has 1 heterocycles. The number of ether oxygens (including phenoxy) is 1. The molecule has 0 aliphatic carbocycles. The molecule has 0 bridgehead atoms. The van der Waals surface area contributed by atoms with Crippen molar-refractivity contribution in [1.82, 2.24) is 9.80 Å². The molecule has 16 heavy (non-hydrogen) atoms. The molecule has 1 aliphatic heterocycles. The Balaban J connectivity index is 2.20. The van der Waals surface area contributed by atoms with Gasteiger partial charge >= 0.3 is 0 Å². The van der Waals surface area contributed by atoms with E-state index in [4.69, 9.17) is 4.74 Å². The van der Waals surface area contributed by atoms with Crippen LogP contribution in [-0.4, -0.2) is 67.6 Å². The Morgan fingerprint density at radius 2 is 1.88 bits per heavy atom. The molecule has 1 rings (SSSR count). The summed E-state index contributed by atoms with van der Waals surface area (Å²) in [5, 5.41) is 0. The molecule has 1 saturated heterocycles. The Kier molecular flexibility index (Phi) is 5.38. The summed E-state index contributed by atoms with van der Waals surface area (Å²) in [7, 11) is 2.18. The zero-order valence-electron chi connectivity index (χ0n) is 10.9. The van der Waals surface area contributed by atoms with Crippen molar-refractivity contribution in [2.75, 3.05) is 39.9 Å². The first-order valence-corrected chi connectivity index (χ1v) is 6.02. The summed E-state index contributed by atoms with van der Waals surface area (Å²) in [5.74, 6) is 0.0973. The van der Waals surface area contributed by atoms with Gasteiger partial charge in [-0.1, -0.05) is 0 Å². The molecule has 94 valence electrons. The van der Waals surface area contributed by atoms with Gasteiger partial charge < -0.3 is 4.74 Å². The monoisotopic (exact) mass is 228 g/mol.